The topological polar surface area (TPSA) is 171 Å². The van der Waals surface area contributed by atoms with Crippen LogP contribution in [-0.2, 0) is 19.2 Å². The molecule has 0 saturated carbocycles. The number of thiol groups is 1. The Bertz CT molecular complexity index is 570. The molecule has 0 aliphatic rings. The Hall–Kier alpha value is -1.85. The predicted octanol–water partition coefficient (Wildman–Crippen LogP) is -1.52. The van der Waals surface area contributed by atoms with E-state index in [4.69, 9.17) is 5.73 Å². The minimum Gasteiger partial charge on any atom is -0.480 e. The quantitative estimate of drug-likeness (QED) is 0.199. The van der Waals surface area contributed by atoms with Gasteiger partial charge in [0.2, 0.25) is 17.7 Å². The molecule has 5 unspecified atom stereocenters. The number of carbonyl (C=O) groups excluding carboxylic acids is 3. The number of aliphatic carboxylic acids is 1. The Morgan fingerprint density at radius 1 is 0.857 bits per heavy atom. The van der Waals surface area contributed by atoms with Crippen molar-refractivity contribution in [1.29, 1.82) is 0 Å². The van der Waals surface area contributed by atoms with Gasteiger partial charge >= 0.3 is 5.97 Å². The zero-order valence-electron chi connectivity index (χ0n) is 16.8. The van der Waals surface area contributed by atoms with Gasteiger partial charge < -0.3 is 31.9 Å². The van der Waals surface area contributed by atoms with Gasteiger partial charge in [-0.15, -0.1) is 0 Å². The lowest BCUT2D eigenvalue weighted by Crippen LogP contribution is -2.60. The van der Waals surface area contributed by atoms with Crippen molar-refractivity contribution in [3.63, 3.8) is 0 Å². The zero-order valence-corrected chi connectivity index (χ0v) is 17.7. The summed E-state index contributed by atoms with van der Waals surface area (Å²) in [5, 5.41) is 26.1. The summed E-state index contributed by atoms with van der Waals surface area (Å²) in [6.07, 6.45) is -1.31. The second kappa shape index (κ2) is 11.9. The van der Waals surface area contributed by atoms with Crippen LogP contribution in [0.25, 0.3) is 0 Å². The molecule has 5 atom stereocenters. The number of rotatable bonds is 11. The molecule has 0 spiro atoms. The van der Waals surface area contributed by atoms with E-state index >= 15 is 0 Å². The molecule has 0 saturated heterocycles. The van der Waals surface area contributed by atoms with E-state index in [1.165, 1.54) is 6.92 Å². The fourth-order valence-electron chi connectivity index (χ4n) is 2.18. The number of carboxylic acids is 1. The van der Waals surface area contributed by atoms with E-state index < -0.39 is 59.9 Å². The van der Waals surface area contributed by atoms with Crippen LogP contribution in [0, 0.1) is 11.8 Å². The normalized spacial score (nSPS) is 16.6. The van der Waals surface area contributed by atoms with E-state index in [9.17, 15) is 29.4 Å². The number of hydrogen-bond acceptors (Lipinski definition) is 7. The molecule has 162 valence electrons. The van der Waals surface area contributed by atoms with E-state index in [2.05, 4.69) is 28.6 Å². The van der Waals surface area contributed by atoms with E-state index in [1.807, 2.05) is 0 Å². The Labute approximate surface area is 170 Å². The lowest BCUT2D eigenvalue weighted by Gasteiger charge is -2.27. The summed E-state index contributed by atoms with van der Waals surface area (Å²) in [4.78, 5) is 48.2. The number of amides is 3. The second-order valence-corrected chi connectivity index (χ2v) is 7.67. The number of nitrogens with two attached hydrogens (primary N) is 1. The largest absolute Gasteiger partial charge is 0.480 e. The fourth-order valence-corrected chi connectivity index (χ4v) is 2.44. The highest BCUT2D eigenvalue weighted by molar-refractivity contribution is 7.80. The third-order valence-corrected chi connectivity index (χ3v) is 4.49. The molecule has 11 heteroatoms. The average Bonchev–Trinajstić information content (AvgIpc) is 2.59. The first-order chi connectivity index (χ1) is 12.8. The molecular formula is C17H32N4O6S. The molecule has 0 aliphatic heterocycles. The molecule has 28 heavy (non-hydrogen) atoms. The van der Waals surface area contributed by atoms with Gasteiger partial charge in [0.15, 0.2) is 0 Å². The zero-order chi connectivity index (χ0) is 22.2. The van der Waals surface area contributed by atoms with Crippen molar-refractivity contribution in [2.45, 2.75) is 64.9 Å². The lowest BCUT2D eigenvalue weighted by atomic mass is 10.0. The van der Waals surface area contributed by atoms with Crippen LogP contribution >= 0.6 is 12.6 Å². The van der Waals surface area contributed by atoms with Gasteiger partial charge in [-0.1, -0.05) is 27.7 Å². The summed E-state index contributed by atoms with van der Waals surface area (Å²) in [6, 6.07) is -4.51. The summed E-state index contributed by atoms with van der Waals surface area (Å²) >= 11 is 4.03. The van der Waals surface area contributed by atoms with Crippen LogP contribution < -0.4 is 21.7 Å². The average molecular weight is 421 g/mol. The van der Waals surface area contributed by atoms with Gasteiger partial charge in [0.05, 0.1) is 12.1 Å². The number of aliphatic hydroxyl groups is 1. The molecule has 0 fully saturated rings. The Kier molecular flexibility index (Phi) is 11.1. The van der Waals surface area contributed by atoms with Crippen molar-refractivity contribution < 1.29 is 29.4 Å². The van der Waals surface area contributed by atoms with Gasteiger partial charge in [0, 0.05) is 5.75 Å². The summed E-state index contributed by atoms with van der Waals surface area (Å²) in [5.74, 6) is -4.02. The van der Waals surface area contributed by atoms with E-state index in [0.29, 0.717) is 0 Å². The number of aliphatic hydroxyl groups excluding tert-OH is 1. The maximum atomic E-state index is 12.5. The smallest absolute Gasteiger partial charge is 0.326 e. The molecule has 0 aliphatic carbocycles. The first kappa shape index (κ1) is 26.1. The van der Waals surface area contributed by atoms with Crippen LogP contribution in [0.15, 0.2) is 0 Å². The highest BCUT2D eigenvalue weighted by Crippen LogP contribution is 2.05. The van der Waals surface area contributed by atoms with Gasteiger partial charge in [-0.25, -0.2) is 4.79 Å². The number of nitrogens with one attached hydrogen (secondary N) is 3. The van der Waals surface area contributed by atoms with Crippen molar-refractivity contribution in [3.05, 3.63) is 0 Å². The van der Waals surface area contributed by atoms with Crippen molar-refractivity contribution in [2.24, 2.45) is 17.6 Å². The van der Waals surface area contributed by atoms with E-state index in [-0.39, 0.29) is 11.7 Å². The first-order valence-electron chi connectivity index (χ1n) is 9.01. The van der Waals surface area contributed by atoms with E-state index in [1.54, 1.807) is 27.7 Å². The first-order valence-corrected chi connectivity index (χ1v) is 9.65. The molecule has 0 aromatic carbocycles. The maximum Gasteiger partial charge on any atom is 0.326 e. The van der Waals surface area contributed by atoms with Gasteiger partial charge in [-0.2, -0.15) is 12.6 Å². The van der Waals surface area contributed by atoms with Crippen LogP contribution in [0.1, 0.15) is 34.6 Å². The molecule has 0 aromatic rings. The maximum absolute atomic E-state index is 12.5. The number of hydrogen-bond donors (Lipinski definition) is 7. The minimum absolute atomic E-state index is 0.0692. The van der Waals surface area contributed by atoms with Crippen molar-refractivity contribution >= 4 is 36.3 Å². The highest BCUT2D eigenvalue weighted by atomic mass is 32.1. The SMILES string of the molecule is CC(C)C(N)C(=O)NC(CS)C(=O)NC(C(=O)NC(C(=O)O)C(C)C)C(C)O. The molecule has 0 heterocycles. The van der Waals surface area contributed by atoms with Crippen LogP contribution in [0.4, 0.5) is 0 Å². The highest BCUT2D eigenvalue weighted by Gasteiger charge is 2.33. The molecule has 0 rings (SSSR count). The second-order valence-electron chi connectivity index (χ2n) is 7.31. The summed E-state index contributed by atoms with van der Waals surface area (Å²) in [7, 11) is 0. The lowest BCUT2D eigenvalue weighted by molar-refractivity contribution is -0.144. The molecule has 0 radical (unpaired) electrons. The Balaban J connectivity index is 5.20. The molecular weight excluding hydrogens is 388 g/mol. The third-order valence-electron chi connectivity index (χ3n) is 4.13. The van der Waals surface area contributed by atoms with Crippen LogP contribution in [0.2, 0.25) is 0 Å². The molecule has 0 bridgehead atoms. The van der Waals surface area contributed by atoms with Crippen molar-refractivity contribution in [1.82, 2.24) is 16.0 Å². The van der Waals surface area contributed by atoms with Crippen LogP contribution in [-0.4, -0.2) is 69.9 Å². The summed E-state index contributed by atoms with van der Waals surface area (Å²) in [6.45, 7) is 8.00. The van der Waals surface area contributed by atoms with Crippen molar-refractivity contribution in [2.75, 3.05) is 5.75 Å². The summed E-state index contributed by atoms with van der Waals surface area (Å²) < 4.78 is 0. The van der Waals surface area contributed by atoms with Gasteiger partial charge in [-0.05, 0) is 18.8 Å². The number of carbonyl (C=O) groups is 4. The molecule has 10 nitrogen and oxygen atoms in total. The molecule has 7 N–H and O–H groups in total. The van der Waals surface area contributed by atoms with Gasteiger partial charge in [0.25, 0.3) is 0 Å². The summed E-state index contributed by atoms with van der Waals surface area (Å²) in [5.41, 5.74) is 5.74. The molecule has 3 amide bonds. The standard InChI is InChI=1S/C17H32N4O6S/c1-7(2)11(18)15(24)19-10(6-28)14(23)21-13(9(5)22)16(25)20-12(8(3)4)17(26)27/h7-13,22,28H,6,18H2,1-5H3,(H,19,24)(H,20,25)(H,21,23)(H,26,27). The Morgan fingerprint density at radius 3 is 1.71 bits per heavy atom. The molecule has 0 aromatic heterocycles. The Morgan fingerprint density at radius 2 is 1.36 bits per heavy atom. The van der Waals surface area contributed by atoms with Crippen LogP contribution in [0.3, 0.4) is 0 Å². The predicted molar refractivity (Wildman–Crippen MR) is 107 cm³/mol. The minimum atomic E-state index is -1.41. The fraction of sp³-hybridized carbons (Fsp3) is 0.765. The monoisotopic (exact) mass is 420 g/mol. The third kappa shape index (κ3) is 8.03. The van der Waals surface area contributed by atoms with Crippen LogP contribution in [0.5, 0.6) is 0 Å². The van der Waals surface area contributed by atoms with Crippen molar-refractivity contribution in [3.8, 4) is 0 Å². The van der Waals surface area contributed by atoms with Gasteiger partial charge in [-0.3, -0.25) is 14.4 Å². The van der Waals surface area contributed by atoms with Gasteiger partial charge in [0.1, 0.15) is 18.1 Å². The number of carboxylic acid groups (broad SMARTS) is 1. The van der Waals surface area contributed by atoms with E-state index in [0.717, 1.165) is 0 Å².